The van der Waals surface area contributed by atoms with E-state index in [2.05, 4.69) is 0 Å². The summed E-state index contributed by atoms with van der Waals surface area (Å²) in [5.74, 6) is -0.865. The first kappa shape index (κ1) is 22.0. The van der Waals surface area contributed by atoms with Crippen LogP contribution >= 0.6 is 0 Å². The second kappa shape index (κ2) is 8.82. The minimum Gasteiger partial charge on any atom is -0.494 e. The molecule has 0 fully saturated rings. The topological polar surface area (TPSA) is 130 Å². The van der Waals surface area contributed by atoms with Gasteiger partial charge >= 0.3 is 5.97 Å². The molecule has 0 aliphatic carbocycles. The van der Waals surface area contributed by atoms with Gasteiger partial charge in [0, 0.05) is 17.9 Å². The molecule has 9 nitrogen and oxygen atoms in total. The van der Waals surface area contributed by atoms with Gasteiger partial charge in [0.25, 0.3) is 5.69 Å². The van der Waals surface area contributed by atoms with Crippen LogP contribution in [0.5, 0.6) is 5.75 Å². The van der Waals surface area contributed by atoms with Crippen LogP contribution in [0, 0.1) is 10.1 Å². The van der Waals surface area contributed by atoms with Gasteiger partial charge in [0.1, 0.15) is 10.6 Å². The van der Waals surface area contributed by atoms with E-state index in [1.54, 1.807) is 12.1 Å². The summed E-state index contributed by atoms with van der Waals surface area (Å²) in [6.45, 7) is 3.68. The smallest absolute Gasteiger partial charge is 0.339 e. The second-order valence-corrected chi connectivity index (χ2v) is 8.07. The first-order valence-corrected chi connectivity index (χ1v) is 10.4. The molecule has 0 heterocycles. The molecule has 0 aromatic heterocycles. The highest BCUT2D eigenvalue weighted by Gasteiger charge is 2.26. The van der Waals surface area contributed by atoms with Gasteiger partial charge in [0.05, 0.1) is 17.1 Å². The zero-order valence-corrected chi connectivity index (χ0v) is 16.8. The number of ketones is 1. The highest BCUT2D eigenvalue weighted by atomic mass is 32.2. The van der Waals surface area contributed by atoms with Crippen molar-refractivity contribution in [2.24, 2.45) is 0 Å². The van der Waals surface area contributed by atoms with Crippen LogP contribution in [0.2, 0.25) is 0 Å². The maximum Gasteiger partial charge on any atom is 0.339 e. The Hall–Kier alpha value is -3.27. The van der Waals surface area contributed by atoms with Gasteiger partial charge in [0.2, 0.25) is 5.78 Å². The summed E-state index contributed by atoms with van der Waals surface area (Å²) in [5.41, 5.74) is -0.685. The zero-order chi connectivity index (χ0) is 21.8. The Balaban J connectivity index is 2.19. The maximum atomic E-state index is 12.4. The van der Waals surface area contributed by atoms with Crippen LogP contribution < -0.4 is 4.74 Å². The average Bonchev–Trinajstić information content (AvgIpc) is 2.67. The first-order chi connectivity index (χ1) is 13.5. The Bertz CT molecular complexity index is 1040. The summed E-state index contributed by atoms with van der Waals surface area (Å²) < 4.78 is 33.7. The Morgan fingerprint density at radius 3 is 2.21 bits per heavy atom. The van der Waals surface area contributed by atoms with Crippen molar-refractivity contribution in [3.63, 3.8) is 0 Å². The molecule has 0 N–H and O–H groups in total. The normalized spacial score (nSPS) is 12.1. The summed E-state index contributed by atoms with van der Waals surface area (Å²) in [4.78, 5) is 34.5. The number of Topliss-reactive ketones (excluding diaryl/α,β-unsaturated/α-hetero) is 1. The summed E-state index contributed by atoms with van der Waals surface area (Å²) in [5, 5.41) is 11.2. The SMILES string of the molecule is CCOc1ccc(C(=O)[C@H](C)OC(=O)c2ccc(S(C)(=O)=O)c([N+](=O)[O-])c2)cc1. The molecular formula is C19H19NO8S. The lowest BCUT2D eigenvalue weighted by Crippen LogP contribution is -2.24. The molecule has 0 aliphatic rings. The molecule has 0 amide bonds. The van der Waals surface area contributed by atoms with Crippen molar-refractivity contribution in [1.82, 2.24) is 0 Å². The van der Waals surface area contributed by atoms with Crippen molar-refractivity contribution in [1.29, 1.82) is 0 Å². The summed E-state index contributed by atoms with van der Waals surface area (Å²) in [6, 6.07) is 9.15. The third-order valence-corrected chi connectivity index (χ3v) is 5.04. The van der Waals surface area contributed by atoms with E-state index in [9.17, 15) is 28.1 Å². The molecule has 0 unspecified atom stereocenters. The molecule has 1 atom stereocenters. The fraction of sp³-hybridized carbons (Fsp3) is 0.263. The number of nitro groups is 1. The zero-order valence-electron chi connectivity index (χ0n) is 15.9. The fourth-order valence-electron chi connectivity index (χ4n) is 2.50. The highest BCUT2D eigenvalue weighted by Crippen LogP contribution is 2.25. The van der Waals surface area contributed by atoms with Crippen LogP contribution in [0.3, 0.4) is 0 Å². The number of carbonyl (C=O) groups is 2. The standard InChI is InChI=1S/C19H19NO8S/c1-4-27-15-8-5-13(6-9-15)18(21)12(2)28-19(22)14-7-10-17(29(3,25)26)16(11-14)20(23)24/h5-12H,4H2,1-3H3/t12-/m0/s1. The largest absolute Gasteiger partial charge is 0.494 e. The molecule has 0 saturated heterocycles. The van der Waals surface area contributed by atoms with Crippen LogP contribution in [0.1, 0.15) is 34.6 Å². The number of sulfone groups is 1. The third-order valence-electron chi connectivity index (χ3n) is 3.89. The number of hydrogen-bond acceptors (Lipinski definition) is 8. The quantitative estimate of drug-likeness (QED) is 0.275. The predicted molar refractivity (Wildman–Crippen MR) is 103 cm³/mol. The Labute approximate surface area is 167 Å². The van der Waals surface area contributed by atoms with Crippen molar-refractivity contribution in [3.05, 3.63) is 63.7 Å². The van der Waals surface area contributed by atoms with E-state index in [4.69, 9.17) is 9.47 Å². The molecule has 154 valence electrons. The molecule has 0 radical (unpaired) electrons. The monoisotopic (exact) mass is 421 g/mol. The van der Waals surface area contributed by atoms with Crippen molar-refractivity contribution in [2.45, 2.75) is 24.8 Å². The second-order valence-electron chi connectivity index (χ2n) is 6.08. The van der Waals surface area contributed by atoms with Crippen molar-refractivity contribution >= 4 is 27.3 Å². The highest BCUT2D eigenvalue weighted by molar-refractivity contribution is 7.90. The molecule has 2 aromatic rings. The molecular weight excluding hydrogens is 402 g/mol. The Morgan fingerprint density at radius 1 is 1.10 bits per heavy atom. The molecule has 0 bridgehead atoms. The maximum absolute atomic E-state index is 12.4. The molecule has 2 rings (SSSR count). The lowest BCUT2D eigenvalue weighted by atomic mass is 10.1. The van der Waals surface area contributed by atoms with E-state index in [1.807, 2.05) is 6.92 Å². The fourth-order valence-corrected chi connectivity index (χ4v) is 3.33. The van der Waals surface area contributed by atoms with Crippen LogP contribution in [0.25, 0.3) is 0 Å². The number of hydrogen-bond donors (Lipinski definition) is 0. The number of benzene rings is 2. The van der Waals surface area contributed by atoms with Gasteiger partial charge in [-0.3, -0.25) is 14.9 Å². The van der Waals surface area contributed by atoms with Crippen LogP contribution in [0.4, 0.5) is 5.69 Å². The van der Waals surface area contributed by atoms with Gasteiger partial charge < -0.3 is 9.47 Å². The number of nitro benzene ring substituents is 1. The lowest BCUT2D eigenvalue weighted by molar-refractivity contribution is -0.387. The van der Waals surface area contributed by atoms with Gasteiger partial charge in [0.15, 0.2) is 15.9 Å². The first-order valence-electron chi connectivity index (χ1n) is 8.51. The van der Waals surface area contributed by atoms with E-state index in [-0.39, 0.29) is 5.56 Å². The van der Waals surface area contributed by atoms with E-state index in [1.165, 1.54) is 19.1 Å². The Morgan fingerprint density at radius 2 is 1.69 bits per heavy atom. The minimum absolute atomic E-state index is 0.240. The lowest BCUT2D eigenvalue weighted by Gasteiger charge is -2.13. The van der Waals surface area contributed by atoms with Crippen molar-refractivity contribution < 1.29 is 32.4 Å². The average molecular weight is 421 g/mol. The molecule has 0 spiro atoms. The predicted octanol–water partition coefficient (Wildman–Crippen LogP) is 2.83. The molecule has 0 saturated carbocycles. The van der Waals surface area contributed by atoms with Gasteiger partial charge in [-0.2, -0.15) is 0 Å². The van der Waals surface area contributed by atoms with Crippen molar-refractivity contribution in [3.8, 4) is 5.75 Å². The number of ether oxygens (including phenoxy) is 2. The van der Waals surface area contributed by atoms with Crippen LogP contribution in [0.15, 0.2) is 47.4 Å². The number of nitrogens with zero attached hydrogens (tertiary/aromatic N) is 1. The third kappa shape index (κ3) is 5.38. The summed E-state index contributed by atoms with van der Waals surface area (Å²) in [7, 11) is -3.86. The number of carbonyl (C=O) groups excluding carboxylic acids is 2. The summed E-state index contributed by atoms with van der Waals surface area (Å²) >= 11 is 0. The van der Waals surface area contributed by atoms with Crippen LogP contribution in [-0.4, -0.2) is 44.1 Å². The van der Waals surface area contributed by atoms with E-state index in [0.29, 0.717) is 17.9 Å². The minimum atomic E-state index is -3.86. The Kier molecular flexibility index (Phi) is 6.70. The van der Waals surface area contributed by atoms with E-state index in [0.717, 1.165) is 24.5 Å². The van der Waals surface area contributed by atoms with E-state index >= 15 is 0 Å². The summed E-state index contributed by atoms with van der Waals surface area (Å²) in [6.07, 6.45) is -0.334. The number of esters is 1. The van der Waals surface area contributed by atoms with Gasteiger partial charge in [-0.1, -0.05) is 0 Å². The molecule has 29 heavy (non-hydrogen) atoms. The van der Waals surface area contributed by atoms with Gasteiger partial charge in [-0.15, -0.1) is 0 Å². The molecule has 2 aromatic carbocycles. The van der Waals surface area contributed by atoms with Gasteiger partial charge in [-0.05, 0) is 50.2 Å². The number of rotatable bonds is 8. The van der Waals surface area contributed by atoms with Crippen LogP contribution in [-0.2, 0) is 14.6 Å². The molecule has 10 heteroatoms. The van der Waals surface area contributed by atoms with E-state index < -0.39 is 43.2 Å². The van der Waals surface area contributed by atoms with Crippen molar-refractivity contribution in [2.75, 3.05) is 12.9 Å². The van der Waals surface area contributed by atoms with Gasteiger partial charge in [-0.25, -0.2) is 13.2 Å². The molecule has 0 aliphatic heterocycles.